The lowest BCUT2D eigenvalue weighted by molar-refractivity contribution is -0.118. The summed E-state index contributed by atoms with van der Waals surface area (Å²) in [4.78, 5) is 30.0. The number of ketones is 2. The third-order valence-electron chi connectivity index (χ3n) is 4.46. The topological polar surface area (TPSA) is 73.1 Å². The third kappa shape index (κ3) is 2.24. The second-order valence-electron chi connectivity index (χ2n) is 6.07. The number of aryl methyl sites for hydroxylation is 1. The minimum absolute atomic E-state index is 0.0523. The van der Waals surface area contributed by atoms with Gasteiger partial charge in [-0.25, -0.2) is 4.98 Å². The van der Waals surface area contributed by atoms with Crippen LogP contribution in [0.2, 0.25) is 0 Å². The van der Waals surface area contributed by atoms with Gasteiger partial charge in [0.05, 0.1) is 10.6 Å². The van der Waals surface area contributed by atoms with Crippen LogP contribution in [0.1, 0.15) is 34.3 Å². The van der Waals surface area contributed by atoms with E-state index in [0.29, 0.717) is 29.8 Å². The highest BCUT2D eigenvalue weighted by molar-refractivity contribution is 7.21. The molecule has 24 heavy (non-hydrogen) atoms. The number of Topliss-reactive ketones (excluding diaryl/α,β-unsaturated/α-hetero) is 2. The summed E-state index contributed by atoms with van der Waals surface area (Å²) in [6.45, 7) is 1.52. The number of hydrogen-bond acceptors (Lipinski definition) is 5. The highest BCUT2D eigenvalue weighted by Crippen LogP contribution is 2.43. The lowest BCUT2D eigenvalue weighted by Crippen LogP contribution is -2.16. The van der Waals surface area contributed by atoms with Crippen LogP contribution in [0.15, 0.2) is 30.3 Å². The largest absolute Gasteiger partial charge is 0.397 e. The molecule has 5 heteroatoms. The van der Waals surface area contributed by atoms with Crippen LogP contribution in [0.3, 0.4) is 0 Å². The second kappa shape index (κ2) is 5.53. The van der Waals surface area contributed by atoms with Gasteiger partial charge in [-0.15, -0.1) is 11.3 Å². The van der Waals surface area contributed by atoms with E-state index in [4.69, 9.17) is 10.7 Å². The quantitative estimate of drug-likeness (QED) is 0.722. The van der Waals surface area contributed by atoms with Crippen molar-refractivity contribution < 1.29 is 9.59 Å². The number of rotatable bonds is 2. The fraction of sp³-hybridized carbons (Fsp3) is 0.211. The van der Waals surface area contributed by atoms with Crippen LogP contribution >= 0.6 is 11.3 Å². The van der Waals surface area contributed by atoms with Gasteiger partial charge < -0.3 is 5.73 Å². The third-order valence-corrected chi connectivity index (χ3v) is 5.66. The summed E-state index contributed by atoms with van der Waals surface area (Å²) in [6, 6.07) is 9.91. The molecule has 0 radical (unpaired) electrons. The minimum atomic E-state index is -0.0523. The Morgan fingerprint density at radius 3 is 2.67 bits per heavy atom. The van der Waals surface area contributed by atoms with Gasteiger partial charge >= 0.3 is 0 Å². The summed E-state index contributed by atoms with van der Waals surface area (Å²) in [6.07, 6.45) is 1.56. The molecule has 0 atom stereocenters. The van der Waals surface area contributed by atoms with Crippen molar-refractivity contribution >= 4 is 38.8 Å². The minimum Gasteiger partial charge on any atom is -0.397 e. The van der Waals surface area contributed by atoms with Gasteiger partial charge in [0, 0.05) is 30.8 Å². The Morgan fingerprint density at radius 2 is 1.96 bits per heavy atom. The number of nitrogens with zero attached hydrogens (tertiary/aromatic N) is 1. The molecule has 4 rings (SSSR count). The fourth-order valence-electron chi connectivity index (χ4n) is 3.36. The zero-order valence-electron chi connectivity index (χ0n) is 13.3. The number of pyridine rings is 1. The zero-order valence-corrected chi connectivity index (χ0v) is 14.1. The Hall–Kier alpha value is -2.53. The molecule has 2 aromatic heterocycles. The molecule has 0 saturated carbocycles. The smallest absolute Gasteiger partial charge is 0.171 e. The fourth-order valence-corrected chi connectivity index (χ4v) is 4.38. The summed E-state index contributed by atoms with van der Waals surface area (Å²) in [5.41, 5.74) is 10.7. The molecule has 0 amide bonds. The molecule has 1 aliphatic rings. The molecule has 2 N–H and O–H groups in total. The number of benzene rings is 1. The number of nitrogens with two attached hydrogens (primary N) is 1. The number of aromatic nitrogens is 1. The molecule has 1 aliphatic carbocycles. The normalized spacial score (nSPS) is 14.0. The van der Waals surface area contributed by atoms with E-state index in [1.54, 1.807) is 0 Å². The number of fused-ring (bicyclic) bond motifs is 2. The number of carbonyl (C=O) groups excluding carboxylic acids is 2. The van der Waals surface area contributed by atoms with Crippen LogP contribution in [0.25, 0.3) is 21.3 Å². The number of hydrogen-bond donors (Lipinski definition) is 1. The Morgan fingerprint density at radius 1 is 1.21 bits per heavy atom. The second-order valence-corrected chi connectivity index (χ2v) is 7.07. The Balaban J connectivity index is 2.14. The molecule has 4 nitrogen and oxygen atoms in total. The number of nitrogen functional groups attached to an aromatic ring is 1. The van der Waals surface area contributed by atoms with E-state index in [0.717, 1.165) is 32.6 Å². The number of carbonyl (C=O) groups is 2. The van der Waals surface area contributed by atoms with Crippen molar-refractivity contribution in [3.63, 3.8) is 0 Å². The molecule has 1 aromatic carbocycles. The van der Waals surface area contributed by atoms with E-state index in [9.17, 15) is 9.59 Å². The summed E-state index contributed by atoms with van der Waals surface area (Å²) in [7, 11) is 0. The molecular weight excluding hydrogens is 320 g/mol. The van der Waals surface area contributed by atoms with Gasteiger partial charge in [0.15, 0.2) is 5.78 Å². The molecule has 3 aromatic rings. The Bertz CT molecular complexity index is 990. The van der Waals surface area contributed by atoms with E-state index in [-0.39, 0.29) is 11.6 Å². The molecule has 0 aliphatic heterocycles. The summed E-state index contributed by atoms with van der Waals surface area (Å²) in [5.74, 6) is 0.171. The number of anilines is 1. The van der Waals surface area contributed by atoms with Crippen molar-refractivity contribution in [2.24, 2.45) is 0 Å². The lowest BCUT2D eigenvalue weighted by Gasteiger charge is -2.19. The highest BCUT2D eigenvalue weighted by Gasteiger charge is 2.26. The first-order valence-electron chi connectivity index (χ1n) is 7.88. The summed E-state index contributed by atoms with van der Waals surface area (Å²) in [5, 5.41) is 0.810. The summed E-state index contributed by atoms with van der Waals surface area (Å²) < 4.78 is 0. The predicted octanol–water partition coefficient (Wildman–Crippen LogP) is 3.81. The van der Waals surface area contributed by atoms with Gasteiger partial charge in [-0.05, 0) is 23.1 Å². The van der Waals surface area contributed by atoms with E-state index in [1.165, 1.54) is 18.3 Å². The van der Waals surface area contributed by atoms with Gasteiger partial charge in [0.2, 0.25) is 0 Å². The van der Waals surface area contributed by atoms with Crippen molar-refractivity contribution in [2.45, 2.75) is 26.2 Å². The highest BCUT2D eigenvalue weighted by atomic mass is 32.1. The van der Waals surface area contributed by atoms with Crippen molar-refractivity contribution in [1.82, 2.24) is 4.98 Å². The van der Waals surface area contributed by atoms with Crippen molar-refractivity contribution in [3.8, 4) is 11.1 Å². The standard InChI is InChI=1S/C19H16N2O2S/c1-10(22)18-17(20)16-15(11-5-3-2-4-6-11)13-9-12(23)7-8-14(13)21-19(16)24-18/h2-6H,7-9,20H2,1H3. The van der Waals surface area contributed by atoms with Crippen LogP contribution < -0.4 is 5.73 Å². The van der Waals surface area contributed by atoms with E-state index in [1.807, 2.05) is 30.3 Å². The van der Waals surface area contributed by atoms with Gasteiger partial charge in [-0.2, -0.15) is 0 Å². The molecule has 0 spiro atoms. The van der Waals surface area contributed by atoms with Gasteiger partial charge in [0.25, 0.3) is 0 Å². The van der Waals surface area contributed by atoms with Crippen LogP contribution in [-0.2, 0) is 17.6 Å². The van der Waals surface area contributed by atoms with E-state index >= 15 is 0 Å². The molecule has 0 fully saturated rings. The van der Waals surface area contributed by atoms with E-state index in [2.05, 4.69) is 0 Å². The monoisotopic (exact) mass is 336 g/mol. The molecule has 0 saturated heterocycles. The van der Waals surface area contributed by atoms with Gasteiger partial charge in [-0.1, -0.05) is 30.3 Å². The van der Waals surface area contributed by atoms with Crippen LogP contribution in [0.5, 0.6) is 0 Å². The molecule has 0 bridgehead atoms. The van der Waals surface area contributed by atoms with Crippen molar-refractivity contribution in [2.75, 3.05) is 5.73 Å². The van der Waals surface area contributed by atoms with Crippen LogP contribution in [0.4, 0.5) is 5.69 Å². The Kier molecular flexibility index (Phi) is 3.46. The first-order valence-corrected chi connectivity index (χ1v) is 8.69. The number of thiophene rings is 1. The molecule has 2 heterocycles. The van der Waals surface area contributed by atoms with Crippen molar-refractivity contribution in [1.29, 1.82) is 0 Å². The Labute approximate surface area is 143 Å². The van der Waals surface area contributed by atoms with Crippen LogP contribution in [-0.4, -0.2) is 16.6 Å². The van der Waals surface area contributed by atoms with Crippen LogP contribution in [0, 0.1) is 0 Å². The summed E-state index contributed by atoms with van der Waals surface area (Å²) >= 11 is 1.34. The lowest BCUT2D eigenvalue weighted by atomic mass is 9.87. The maximum absolute atomic E-state index is 12.0. The predicted molar refractivity (Wildman–Crippen MR) is 96.5 cm³/mol. The maximum Gasteiger partial charge on any atom is 0.171 e. The van der Waals surface area contributed by atoms with Gasteiger partial charge in [0.1, 0.15) is 10.6 Å². The molecule has 0 unspecified atom stereocenters. The van der Waals surface area contributed by atoms with E-state index < -0.39 is 0 Å². The van der Waals surface area contributed by atoms with Gasteiger partial charge in [-0.3, -0.25) is 9.59 Å². The maximum atomic E-state index is 12.0. The molecular formula is C19H16N2O2S. The van der Waals surface area contributed by atoms with Crippen molar-refractivity contribution in [3.05, 3.63) is 46.5 Å². The average Bonchev–Trinajstić information content (AvgIpc) is 2.90. The average molecular weight is 336 g/mol. The molecule has 120 valence electrons. The zero-order chi connectivity index (χ0) is 16.8. The first kappa shape index (κ1) is 15.0. The SMILES string of the molecule is CC(=O)c1sc2nc3c(c(-c4ccccc4)c2c1N)CC(=O)CC3. The first-order chi connectivity index (χ1) is 11.6.